The molecule has 12 aromatic rings. The molecule has 738 valence electrons. The maximum absolute atomic E-state index is 13.5. The number of alkyl halides is 1. The molecule has 3 fully saturated rings. The van der Waals surface area contributed by atoms with Crippen LogP contribution in [0, 0.1) is 0 Å². The lowest BCUT2D eigenvalue weighted by molar-refractivity contribution is -0.132. The van der Waals surface area contributed by atoms with E-state index in [1.54, 1.807) is 52.9 Å². The van der Waals surface area contributed by atoms with Gasteiger partial charge in [0.1, 0.15) is 23.9 Å². The number of piperazine rings is 2. The molecule has 8 amide bonds. The normalized spacial score (nSPS) is 18.3. The third-order valence-corrected chi connectivity index (χ3v) is 29.7. The Bertz CT molecular complexity index is 6470. The third-order valence-electron chi connectivity index (χ3n) is 27.5. The number of rotatable bonds is 21. The first-order valence-electron chi connectivity index (χ1n) is 48.4. The van der Waals surface area contributed by atoms with Crippen LogP contribution in [0.4, 0.5) is 14.4 Å². The molecule has 6 atom stereocenters. The molecule has 0 bridgehead atoms. The molecule has 0 aliphatic carbocycles. The van der Waals surface area contributed by atoms with Gasteiger partial charge in [-0.2, -0.15) is 0 Å². The number of nitrogens with zero attached hydrogens (tertiary/aromatic N) is 10. The van der Waals surface area contributed by atoms with Crippen LogP contribution in [-0.4, -0.2) is 294 Å². The summed E-state index contributed by atoms with van der Waals surface area (Å²) in [6.07, 6.45) is 4.51. The number of carbonyl (C=O) groups is 8. The number of aromatic nitrogens is 4. The SMILES string of the molecule is CCC(Br)C(=O)N1CCc2c([nH]c3ccc(Cl)cc23)C1c1ccc(OC)cc1.CCOC(=O)N1CCc2c([nH]c3ccc(Br)cc23)C1c1ccc(C(=O)N2CCN(CCCN(C)C)CC2)cc1.CCOC(=O)N1CCc2c([nH]c3ccc(Cl)cc23)C1c1ccc(C(=O)N2CCC(NC(C)=O)C2)cc1.CCOC(=O)N1CCc2c([nH]c3ccc(Cl)cc23)C1c1cccc(C(=O)N2CCN(CCOC)CC2)c1. The number of methoxy groups -OCH3 is 2. The van der Waals surface area contributed by atoms with Crippen molar-refractivity contribution in [3.63, 3.8) is 0 Å². The van der Waals surface area contributed by atoms with Crippen LogP contribution in [0.5, 0.6) is 5.75 Å². The maximum Gasteiger partial charge on any atom is 0.410 e. The molecule has 7 aliphatic rings. The van der Waals surface area contributed by atoms with E-state index in [9.17, 15) is 38.4 Å². The molecule has 5 N–H and O–H groups in total. The van der Waals surface area contributed by atoms with E-state index in [1.807, 2.05) is 181 Å². The van der Waals surface area contributed by atoms with Gasteiger partial charge in [0.25, 0.3) is 17.7 Å². The molecule has 8 aromatic carbocycles. The summed E-state index contributed by atoms with van der Waals surface area (Å²) >= 11 is 26.0. The quantitative estimate of drug-likeness (QED) is 0.0330. The first-order chi connectivity index (χ1) is 67.7. The Labute approximate surface area is 848 Å². The van der Waals surface area contributed by atoms with Gasteiger partial charge in [0.2, 0.25) is 11.8 Å². The number of H-pyrrole nitrogens is 4. The van der Waals surface area contributed by atoms with Crippen LogP contribution in [0.3, 0.4) is 0 Å². The minimum Gasteiger partial charge on any atom is -0.497 e. The van der Waals surface area contributed by atoms with Gasteiger partial charge in [-0.05, 0) is 259 Å². The number of fused-ring (bicyclic) bond motifs is 12. The van der Waals surface area contributed by atoms with E-state index in [0.29, 0.717) is 118 Å². The highest BCUT2D eigenvalue weighted by molar-refractivity contribution is 9.10. The topological polar surface area (TPSA) is 290 Å². The highest BCUT2D eigenvalue weighted by Crippen LogP contribution is 2.46. The summed E-state index contributed by atoms with van der Waals surface area (Å²) < 4.78 is 27.7. The summed E-state index contributed by atoms with van der Waals surface area (Å²) in [6, 6.07) is 53.2. The van der Waals surface area contributed by atoms with E-state index in [0.717, 1.165) is 201 Å². The number of hydrogen-bond acceptors (Lipinski definition) is 16. The molecule has 0 spiro atoms. The number of hydrogen-bond donors (Lipinski definition) is 5. The molecule has 3 saturated heterocycles. The number of nitrogens with one attached hydrogen (secondary N) is 5. The molecule has 6 unspecified atom stereocenters. The second kappa shape index (κ2) is 46.1. The van der Waals surface area contributed by atoms with Crippen molar-refractivity contribution in [3.05, 3.63) is 273 Å². The molecule has 0 saturated carbocycles. The van der Waals surface area contributed by atoms with Crippen LogP contribution in [0.15, 0.2) is 174 Å². The molecule has 19 rings (SSSR count). The van der Waals surface area contributed by atoms with Gasteiger partial charge >= 0.3 is 18.3 Å². The van der Waals surface area contributed by atoms with Crippen molar-refractivity contribution in [1.82, 2.24) is 74.3 Å². The summed E-state index contributed by atoms with van der Waals surface area (Å²) in [4.78, 5) is 137. The van der Waals surface area contributed by atoms with Crippen molar-refractivity contribution >= 4 is 158 Å². The van der Waals surface area contributed by atoms with Crippen molar-refractivity contribution in [2.24, 2.45) is 0 Å². The molecule has 11 heterocycles. The zero-order valence-corrected chi connectivity index (χ0v) is 86.0. The zero-order valence-electron chi connectivity index (χ0n) is 80.6. The van der Waals surface area contributed by atoms with E-state index in [1.165, 1.54) is 23.4 Å². The van der Waals surface area contributed by atoms with E-state index < -0.39 is 6.04 Å². The lowest BCUT2D eigenvalue weighted by Gasteiger charge is -2.37. The van der Waals surface area contributed by atoms with Crippen LogP contribution >= 0.6 is 66.7 Å². The molecule has 140 heavy (non-hydrogen) atoms. The molecular formula is C107H122Br2Cl3N15O13. The number of carbonyl (C=O) groups excluding carboxylic acids is 8. The number of halogens is 5. The highest BCUT2D eigenvalue weighted by atomic mass is 79.9. The summed E-state index contributed by atoms with van der Waals surface area (Å²) in [5.41, 5.74) is 18.4. The van der Waals surface area contributed by atoms with Gasteiger partial charge in [-0.1, -0.05) is 122 Å². The van der Waals surface area contributed by atoms with Gasteiger partial charge in [-0.15, -0.1) is 0 Å². The average molecular weight is 2090 g/mol. The molecule has 4 aromatic heterocycles. The Balaban J connectivity index is 0.000000135. The van der Waals surface area contributed by atoms with E-state index in [-0.39, 0.29) is 76.8 Å². The van der Waals surface area contributed by atoms with Gasteiger partial charge in [-0.25, -0.2) is 14.4 Å². The lowest BCUT2D eigenvalue weighted by Crippen LogP contribution is -2.49. The van der Waals surface area contributed by atoms with Crippen LogP contribution < -0.4 is 10.1 Å². The average Bonchev–Trinajstić information content (AvgIpc) is 1.60. The van der Waals surface area contributed by atoms with Crippen LogP contribution in [0.1, 0.15) is 176 Å². The first-order valence-corrected chi connectivity index (χ1v) is 51.2. The number of likely N-dealkylation sites (tertiary alicyclic amines) is 1. The Hall–Kier alpha value is -11.5. The standard InChI is InChI=1S/C30H38BrN5O3.C28H33ClN4O4.C27H29ClN4O4.C22H22BrClN2O2/c1-4-39-30(38)36-15-12-24-25-20-23(31)10-11-26(25)32-27(24)28(36)21-6-8-22(9-7-21)29(37)35-18-16-34(17-19-35)14-5-13-33(2)3;1-3-37-28(35)33-10-9-22-23-18-21(29)7-8-24(23)30-25(22)26(33)19-5-4-6-20(17-19)27(34)32-13-11-31(12-14-32)15-16-36-2;1-3-36-27(35)32-13-11-21-22-14-19(28)8-9-23(22)30-24(21)25(32)17-4-6-18(7-5-17)26(34)31-12-10-20(15-31)29-16(2)33;1-3-18(23)22(27)26-11-10-16-17-12-14(24)6-9-19(17)25-20(16)21(26)13-4-7-15(28-2)8-5-13/h6-11,20,28,32H,4-5,12-19H2,1-3H3;4-8,17-18,26,30H,3,9-16H2,1-2H3;4-9,14,20,25,30H,3,10-13,15H2,1-2H3,(H,29,33);4-9,12,18,21,25H,3,10-11H2,1-2H3. The predicted octanol–water partition coefficient (Wildman–Crippen LogP) is 18.8. The largest absolute Gasteiger partial charge is 0.497 e. The Morgan fingerprint density at radius 3 is 1.25 bits per heavy atom. The molecular weight excluding hydrogens is 1970 g/mol. The number of ether oxygens (including phenoxy) is 5. The molecule has 28 nitrogen and oxygen atoms in total. The van der Waals surface area contributed by atoms with E-state index >= 15 is 0 Å². The second-order valence-electron chi connectivity index (χ2n) is 36.5. The zero-order chi connectivity index (χ0) is 98.7. The van der Waals surface area contributed by atoms with E-state index in [2.05, 4.69) is 98.0 Å². The van der Waals surface area contributed by atoms with Crippen molar-refractivity contribution < 1.29 is 62.0 Å². The van der Waals surface area contributed by atoms with Crippen molar-refractivity contribution in [2.45, 2.75) is 115 Å². The van der Waals surface area contributed by atoms with Gasteiger partial charge in [0, 0.05) is 221 Å². The minimum absolute atomic E-state index is 0.00962. The van der Waals surface area contributed by atoms with E-state index in [4.69, 9.17) is 58.5 Å². The molecule has 33 heteroatoms. The van der Waals surface area contributed by atoms with Gasteiger partial charge in [0.15, 0.2) is 0 Å². The van der Waals surface area contributed by atoms with Crippen molar-refractivity contribution in [1.29, 1.82) is 0 Å². The summed E-state index contributed by atoms with van der Waals surface area (Å²) in [7, 11) is 7.56. The fourth-order valence-corrected chi connectivity index (χ4v) is 21.7. The summed E-state index contributed by atoms with van der Waals surface area (Å²) in [6.45, 7) is 23.2. The highest BCUT2D eigenvalue weighted by Gasteiger charge is 2.42. The van der Waals surface area contributed by atoms with Crippen LogP contribution in [0.25, 0.3) is 43.6 Å². The van der Waals surface area contributed by atoms with Crippen LogP contribution in [-0.2, 0) is 54.2 Å². The third kappa shape index (κ3) is 22.7. The fraction of sp³-hybridized carbons (Fsp3) is 0.402. The maximum atomic E-state index is 13.5. The summed E-state index contributed by atoms with van der Waals surface area (Å²) in [5, 5.41) is 9.37. The molecule has 0 radical (unpaired) electrons. The lowest BCUT2D eigenvalue weighted by atomic mass is 9.91. The van der Waals surface area contributed by atoms with Crippen LogP contribution in [0.2, 0.25) is 15.1 Å². The molecule has 7 aliphatic heterocycles. The monoisotopic (exact) mass is 2090 g/mol. The van der Waals surface area contributed by atoms with Gasteiger partial charge < -0.3 is 73.4 Å². The Morgan fingerprint density at radius 1 is 0.443 bits per heavy atom. The Kier molecular flexibility index (Phi) is 33.4. The number of aromatic amines is 4. The summed E-state index contributed by atoms with van der Waals surface area (Å²) in [5.74, 6) is 0.836. The van der Waals surface area contributed by atoms with Gasteiger partial charge in [-0.3, -0.25) is 48.5 Å². The fourth-order valence-electron chi connectivity index (χ4n) is 20.6. The number of benzene rings is 8. The van der Waals surface area contributed by atoms with Gasteiger partial charge in [0.05, 0.1) is 44.4 Å². The van der Waals surface area contributed by atoms with Crippen molar-refractivity contribution in [3.8, 4) is 5.75 Å². The predicted molar refractivity (Wildman–Crippen MR) is 554 cm³/mol. The minimum atomic E-state index is -0.396. The number of amides is 8. The smallest absolute Gasteiger partial charge is 0.410 e. The first kappa shape index (κ1) is 101. The second-order valence-corrected chi connectivity index (χ2v) is 39.9. The van der Waals surface area contributed by atoms with Crippen molar-refractivity contribution in [2.75, 3.05) is 166 Å². The Morgan fingerprint density at radius 2 is 0.836 bits per heavy atom.